The molecular weight excluding hydrogens is 182 g/mol. The number of hydrogen-bond donors (Lipinski definition) is 4. The Hall–Kier alpha value is -1.18. The first-order valence-electron chi connectivity index (χ1n) is 3.87. The summed E-state index contributed by atoms with van der Waals surface area (Å²) in [5.74, 6) is 0. The molecule has 0 radical (unpaired) electrons. The van der Waals surface area contributed by atoms with Crippen molar-refractivity contribution in [1.82, 2.24) is 0 Å². The molecule has 0 saturated carbocycles. The molecule has 0 saturated heterocycles. The van der Waals surface area contributed by atoms with E-state index in [0.717, 1.165) is 0 Å². The summed E-state index contributed by atoms with van der Waals surface area (Å²) in [5.41, 5.74) is 1.32. The molecule has 0 aromatic carbocycles. The third-order valence-electron chi connectivity index (χ3n) is 1.29. The van der Waals surface area contributed by atoms with E-state index in [1.807, 2.05) is 0 Å². The molecule has 0 fully saturated rings. The van der Waals surface area contributed by atoms with Crippen molar-refractivity contribution < 1.29 is 31.1 Å². The monoisotopic (exact) mass is 194 g/mol. The van der Waals surface area contributed by atoms with Gasteiger partial charge in [-0.1, -0.05) is 0 Å². The van der Waals surface area contributed by atoms with Crippen molar-refractivity contribution in [3.63, 3.8) is 0 Å². The summed E-state index contributed by atoms with van der Waals surface area (Å²) in [5, 5.41) is 26.5. The molecule has 5 N–H and O–H groups in total. The molecule has 7 nitrogen and oxygen atoms in total. The van der Waals surface area contributed by atoms with E-state index in [-0.39, 0.29) is 6.29 Å². The molecular formula is C6H11NO6. The van der Waals surface area contributed by atoms with Crippen LogP contribution in [0.5, 0.6) is 0 Å². The summed E-state index contributed by atoms with van der Waals surface area (Å²) < 4.78 is 10.6. The highest BCUT2D eigenvalue weighted by Crippen LogP contribution is 2.03. The average Bonchev–Trinajstić information content (AvgIpc) is 2.23. The number of ether oxygens (including phenoxy) is 1. The SMILES string of the molecule is [2H]NC(=O)O[C@@H]([C@H](O)CO)[C@@H](O)C=O. The number of aliphatic hydroxyl groups excluding tert-OH is 3. The summed E-state index contributed by atoms with van der Waals surface area (Å²) in [4.78, 5) is 20.7. The van der Waals surface area contributed by atoms with Crippen molar-refractivity contribution in [3.8, 4) is 0 Å². The number of nitrogens with two attached hydrogens (primary N) is 1. The van der Waals surface area contributed by atoms with Crippen LogP contribution in [0.4, 0.5) is 4.79 Å². The third-order valence-corrected chi connectivity index (χ3v) is 1.29. The zero-order valence-electron chi connectivity index (χ0n) is 7.58. The number of carbonyl (C=O) groups is 2. The summed E-state index contributed by atoms with van der Waals surface area (Å²) in [6.07, 6.45) is -6.14. The maximum absolute atomic E-state index is 10.5. The Labute approximate surface area is 75.2 Å². The Balaban J connectivity index is 4.38. The highest BCUT2D eigenvalue weighted by atomic mass is 16.6. The van der Waals surface area contributed by atoms with Gasteiger partial charge in [-0.15, -0.1) is 0 Å². The van der Waals surface area contributed by atoms with E-state index < -0.39 is 31.0 Å². The molecule has 0 aromatic heterocycles. The van der Waals surface area contributed by atoms with Crippen molar-refractivity contribution in [2.24, 2.45) is 5.73 Å². The van der Waals surface area contributed by atoms with Crippen LogP contribution in [0.15, 0.2) is 0 Å². The van der Waals surface area contributed by atoms with Gasteiger partial charge in [0.25, 0.3) is 0 Å². The highest BCUT2D eigenvalue weighted by Gasteiger charge is 2.29. The molecule has 7 heteroatoms. The van der Waals surface area contributed by atoms with Gasteiger partial charge in [0.2, 0.25) is 0 Å². The highest BCUT2D eigenvalue weighted by molar-refractivity contribution is 5.66. The van der Waals surface area contributed by atoms with E-state index in [1.165, 1.54) is 5.73 Å². The van der Waals surface area contributed by atoms with Gasteiger partial charge >= 0.3 is 6.09 Å². The molecule has 0 rings (SSSR count). The number of rotatable bonds is 5. The number of aldehydes is 1. The Bertz CT molecular complexity index is 201. The van der Waals surface area contributed by atoms with Gasteiger partial charge in [-0.05, 0) is 0 Å². The molecule has 0 heterocycles. The van der Waals surface area contributed by atoms with Crippen molar-refractivity contribution >= 4 is 12.4 Å². The van der Waals surface area contributed by atoms with Gasteiger partial charge in [-0.3, -0.25) is 0 Å². The Morgan fingerprint density at radius 1 is 1.69 bits per heavy atom. The predicted molar refractivity (Wildman–Crippen MR) is 39.6 cm³/mol. The maximum atomic E-state index is 10.5. The molecule has 3 atom stereocenters. The van der Waals surface area contributed by atoms with E-state index >= 15 is 0 Å². The van der Waals surface area contributed by atoms with Gasteiger partial charge in [0.15, 0.2) is 13.8 Å². The third kappa shape index (κ3) is 3.83. The van der Waals surface area contributed by atoms with Crippen LogP contribution in [0.2, 0.25) is 1.41 Å². The molecule has 0 aliphatic carbocycles. The van der Waals surface area contributed by atoms with Gasteiger partial charge in [0.05, 0.1) is 6.61 Å². The molecule has 13 heavy (non-hydrogen) atoms. The molecule has 0 aromatic rings. The lowest BCUT2D eigenvalue weighted by Gasteiger charge is -2.21. The van der Waals surface area contributed by atoms with Crippen LogP contribution in [0.1, 0.15) is 0 Å². The minimum atomic E-state index is -1.76. The summed E-state index contributed by atoms with van der Waals surface area (Å²) >= 11 is 0. The van der Waals surface area contributed by atoms with Gasteiger partial charge in [-0.2, -0.15) is 0 Å². The van der Waals surface area contributed by atoms with Gasteiger partial charge < -0.3 is 30.6 Å². The first kappa shape index (κ1) is 9.90. The zero-order valence-corrected chi connectivity index (χ0v) is 6.58. The second-order valence-corrected chi connectivity index (χ2v) is 2.25. The second kappa shape index (κ2) is 5.46. The van der Waals surface area contributed by atoms with Crippen molar-refractivity contribution in [1.29, 1.82) is 0 Å². The van der Waals surface area contributed by atoms with Crippen LogP contribution in [0, 0.1) is 0 Å². The standard InChI is InChI=1S/C6H11NO6/c7-6(12)13-5(3(10)1-8)4(11)2-9/h1,3-5,9-11H,2H2,(H2,7,12)/t3-,4+,5+/m0/s1/i/hD. The van der Waals surface area contributed by atoms with E-state index in [0.29, 0.717) is 0 Å². The quantitative estimate of drug-likeness (QED) is 0.354. The van der Waals surface area contributed by atoms with E-state index in [1.54, 1.807) is 0 Å². The first-order valence-corrected chi connectivity index (χ1v) is 3.37. The van der Waals surface area contributed by atoms with Gasteiger partial charge in [0.1, 0.15) is 12.2 Å². The van der Waals surface area contributed by atoms with Crippen LogP contribution in [0.3, 0.4) is 0 Å². The fraction of sp³-hybridized carbons (Fsp3) is 0.667. The number of hydrogen-bond acceptors (Lipinski definition) is 6. The van der Waals surface area contributed by atoms with Gasteiger partial charge in [0, 0.05) is 0 Å². The number of amides is 1. The van der Waals surface area contributed by atoms with Gasteiger partial charge in [-0.25, -0.2) is 4.79 Å². The maximum Gasteiger partial charge on any atom is 0.404 e. The second-order valence-electron chi connectivity index (χ2n) is 2.25. The van der Waals surface area contributed by atoms with Crippen LogP contribution in [-0.4, -0.2) is 52.6 Å². The summed E-state index contributed by atoms with van der Waals surface area (Å²) in [7, 11) is 0. The zero-order chi connectivity index (χ0) is 11.1. The van der Waals surface area contributed by atoms with Crippen LogP contribution in [-0.2, 0) is 9.53 Å². The molecule has 76 valence electrons. The summed E-state index contributed by atoms with van der Waals surface area (Å²) in [6, 6.07) is 0. The van der Waals surface area contributed by atoms with Crippen molar-refractivity contribution in [2.45, 2.75) is 18.3 Å². The summed E-state index contributed by atoms with van der Waals surface area (Å²) in [6.45, 7) is -0.791. The van der Waals surface area contributed by atoms with Crippen LogP contribution < -0.4 is 5.73 Å². The fourth-order valence-electron chi connectivity index (χ4n) is 0.681. The number of aliphatic hydroxyl groups is 3. The van der Waals surface area contributed by atoms with E-state index in [2.05, 4.69) is 4.74 Å². The smallest absolute Gasteiger partial charge is 0.404 e. The topological polar surface area (TPSA) is 130 Å². The lowest BCUT2D eigenvalue weighted by molar-refractivity contribution is -0.128. The van der Waals surface area contributed by atoms with Crippen molar-refractivity contribution in [3.05, 3.63) is 0 Å². The molecule has 1 amide bonds. The lowest BCUT2D eigenvalue weighted by atomic mass is 10.1. The van der Waals surface area contributed by atoms with E-state index in [9.17, 15) is 9.59 Å². The van der Waals surface area contributed by atoms with E-state index in [4.69, 9.17) is 16.7 Å². The molecule has 0 spiro atoms. The Morgan fingerprint density at radius 2 is 2.31 bits per heavy atom. The molecule has 0 unspecified atom stereocenters. The lowest BCUT2D eigenvalue weighted by Crippen LogP contribution is -2.44. The fourth-order valence-corrected chi connectivity index (χ4v) is 0.681. The minimum absolute atomic E-state index is 0.0424. The Morgan fingerprint density at radius 3 is 2.69 bits per heavy atom. The average molecular weight is 194 g/mol. The molecule has 0 bridgehead atoms. The predicted octanol–water partition coefficient (Wildman–Crippen LogP) is -2.64. The number of carbonyl (C=O) groups excluding carboxylic acids is 2. The molecule has 0 aliphatic rings. The largest absolute Gasteiger partial charge is 0.440 e. The van der Waals surface area contributed by atoms with Crippen LogP contribution in [0.25, 0.3) is 0 Å². The first-order chi connectivity index (χ1) is 6.56. The minimum Gasteiger partial charge on any atom is -0.440 e. The molecule has 0 aliphatic heterocycles. The normalized spacial score (nSPS) is 17.9. The Kier molecular flexibility index (Phi) is 4.16. The number of primary amides is 1. The van der Waals surface area contributed by atoms with Crippen molar-refractivity contribution in [2.75, 3.05) is 6.61 Å². The van der Waals surface area contributed by atoms with Crippen LogP contribution >= 0.6 is 0 Å².